The Morgan fingerprint density at radius 1 is 1.50 bits per heavy atom. The summed E-state index contributed by atoms with van der Waals surface area (Å²) in [6.07, 6.45) is 5.34. The number of carbonyl (C=O) groups excluding carboxylic acids is 1. The van der Waals surface area contributed by atoms with Crippen LogP contribution >= 0.6 is 15.9 Å². The van der Waals surface area contributed by atoms with E-state index < -0.39 is 0 Å². The van der Waals surface area contributed by atoms with Crippen molar-refractivity contribution in [3.8, 4) is 0 Å². The first kappa shape index (κ1) is 15.4. The maximum Gasteiger partial charge on any atom is 0.270 e. The molecule has 2 heterocycles. The summed E-state index contributed by atoms with van der Waals surface area (Å²) < 4.78 is 6.80. The molecule has 0 bridgehead atoms. The third-order valence-corrected chi connectivity index (χ3v) is 4.55. The van der Waals surface area contributed by atoms with Crippen molar-refractivity contribution in [1.82, 2.24) is 10.3 Å². The van der Waals surface area contributed by atoms with Crippen LogP contribution in [0.5, 0.6) is 0 Å². The molecule has 2 rings (SSSR count). The van der Waals surface area contributed by atoms with E-state index in [0.29, 0.717) is 12.3 Å². The van der Waals surface area contributed by atoms with Crippen molar-refractivity contribution >= 4 is 21.8 Å². The molecular formula is C15H21BrN2O2. The molecule has 1 saturated heterocycles. The van der Waals surface area contributed by atoms with Crippen molar-refractivity contribution in [3.63, 3.8) is 0 Å². The Bertz CT molecular complexity index is 457. The van der Waals surface area contributed by atoms with Crippen molar-refractivity contribution in [1.29, 1.82) is 0 Å². The van der Waals surface area contributed by atoms with E-state index in [1.165, 1.54) is 0 Å². The molecule has 0 saturated carbocycles. The average molecular weight is 341 g/mol. The molecule has 1 aromatic rings. The van der Waals surface area contributed by atoms with E-state index >= 15 is 0 Å². The van der Waals surface area contributed by atoms with Gasteiger partial charge in [0.05, 0.1) is 5.60 Å². The Labute approximate surface area is 128 Å². The van der Waals surface area contributed by atoms with E-state index in [1.807, 2.05) is 6.07 Å². The van der Waals surface area contributed by atoms with Crippen LogP contribution in [-0.2, 0) is 4.74 Å². The number of carbonyl (C=O) groups is 1. The highest BCUT2D eigenvalue weighted by atomic mass is 79.9. The summed E-state index contributed by atoms with van der Waals surface area (Å²) in [5.41, 5.74) is 0.377. The molecule has 0 spiro atoms. The minimum Gasteiger partial charge on any atom is -0.375 e. The SMILES string of the molecule is CCC1(CC)CC(NC(=O)c2ccc(Br)cn2)CCO1. The second-order valence-corrected chi connectivity index (χ2v) is 6.18. The molecule has 1 aromatic heterocycles. The summed E-state index contributed by atoms with van der Waals surface area (Å²) in [6.45, 7) is 4.99. The van der Waals surface area contributed by atoms with Crippen LogP contribution in [0.4, 0.5) is 0 Å². The highest BCUT2D eigenvalue weighted by Crippen LogP contribution is 2.31. The van der Waals surface area contributed by atoms with Gasteiger partial charge in [0, 0.05) is 23.3 Å². The number of halogens is 1. The van der Waals surface area contributed by atoms with Crippen LogP contribution in [0, 0.1) is 0 Å². The van der Waals surface area contributed by atoms with Gasteiger partial charge >= 0.3 is 0 Å². The maximum absolute atomic E-state index is 12.2. The van der Waals surface area contributed by atoms with E-state index in [-0.39, 0.29) is 17.6 Å². The predicted molar refractivity (Wildman–Crippen MR) is 81.7 cm³/mol. The van der Waals surface area contributed by atoms with Crippen molar-refractivity contribution in [2.45, 2.75) is 51.2 Å². The van der Waals surface area contributed by atoms with Gasteiger partial charge in [0.2, 0.25) is 0 Å². The van der Waals surface area contributed by atoms with E-state index in [0.717, 1.165) is 30.2 Å². The fourth-order valence-electron chi connectivity index (χ4n) is 2.66. The molecule has 1 fully saturated rings. The van der Waals surface area contributed by atoms with Crippen molar-refractivity contribution in [3.05, 3.63) is 28.5 Å². The minimum atomic E-state index is -0.106. The number of hydrogen-bond donors (Lipinski definition) is 1. The molecule has 1 N–H and O–H groups in total. The molecule has 4 nitrogen and oxygen atoms in total. The van der Waals surface area contributed by atoms with Gasteiger partial charge < -0.3 is 10.1 Å². The van der Waals surface area contributed by atoms with E-state index in [4.69, 9.17) is 4.74 Å². The lowest BCUT2D eigenvalue weighted by molar-refractivity contribution is -0.0917. The molecule has 1 aliphatic heterocycles. The van der Waals surface area contributed by atoms with Crippen LogP contribution < -0.4 is 5.32 Å². The van der Waals surface area contributed by atoms with E-state index in [2.05, 4.69) is 40.1 Å². The smallest absolute Gasteiger partial charge is 0.270 e. The number of rotatable bonds is 4. The van der Waals surface area contributed by atoms with Crippen molar-refractivity contribution < 1.29 is 9.53 Å². The van der Waals surface area contributed by atoms with Crippen LogP contribution in [0.15, 0.2) is 22.8 Å². The fourth-order valence-corrected chi connectivity index (χ4v) is 2.90. The summed E-state index contributed by atoms with van der Waals surface area (Å²) in [6, 6.07) is 3.72. The molecule has 1 atom stereocenters. The van der Waals surface area contributed by atoms with Gasteiger partial charge in [-0.1, -0.05) is 13.8 Å². The summed E-state index contributed by atoms with van der Waals surface area (Å²) in [5, 5.41) is 3.08. The number of amides is 1. The highest BCUT2D eigenvalue weighted by Gasteiger charge is 2.35. The third kappa shape index (κ3) is 3.58. The van der Waals surface area contributed by atoms with Crippen LogP contribution in [0.25, 0.3) is 0 Å². The van der Waals surface area contributed by atoms with Gasteiger partial charge in [-0.15, -0.1) is 0 Å². The lowest BCUT2D eigenvalue weighted by Gasteiger charge is -2.40. The molecule has 1 amide bonds. The summed E-state index contributed by atoms with van der Waals surface area (Å²) in [5.74, 6) is -0.106. The molecule has 1 aliphatic rings. The zero-order chi connectivity index (χ0) is 14.6. The molecule has 1 unspecified atom stereocenters. The van der Waals surface area contributed by atoms with Gasteiger partial charge in [-0.2, -0.15) is 0 Å². The normalized spacial score (nSPS) is 21.4. The monoisotopic (exact) mass is 340 g/mol. The molecule has 0 aliphatic carbocycles. The standard InChI is InChI=1S/C15H21BrN2O2/c1-3-15(4-2)9-12(7-8-20-15)18-14(19)13-6-5-11(16)10-17-13/h5-6,10,12H,3-4,7-9H2,1-2H3,(H,18,19). The fraction of sp³-hybridized carbons (Fsp3) is 0.600. The van der Waals surface area contributed by atoms with Crippen molar-refractivity contribution in [2.75, 3.05) is 6.61 Å². The van der Waals surface area contributed by atoms with E-state index in [9.17, 15) is 4.79 Å². The minimum absolute atomic E-state index is 0.0800. The molecule has 0 radical (unpaired) electrons. The first-order chi connectivity index (χ1) is 9.58. The van der Waals surface area contributed by atoms with Crippen LogP contribution in [-0.4, -0.2) is 29.1 Å². The predicted octanol–water partition coefficient (Wildman–Crippen LogP) is 3.31. The number of pyridine rings is 1. The third-order valence-electron chi connectivity index (χ3n) is 4.08. The molecular weight excluding hydrogens is 320 g/mol. The van der Waals surface area contributed by atoms with Crippen LogP contribution in [0.3, 0.4) is 0 Å². The lowest BCUT2D eigenvalue weighted by Crippen LogP contribution is -2.48. The van der Waals surface area contributed by atoms with Crippen LogP contribution in [0.2, 0.25) is 0 Å². The Balaban J connectivity index is 1.99. The highest BCUT2D eigenvalue weighted by molar-refractivity contribution is 9.10. The Kier molecular flexibility index (Phi) is 5.16. The molecule has 20 heavy (non-hydrogen) atoms. The second kappa shape index (κ2) is 6.68. The van der Waals surface area contributed by atoms with Crippen LogP contribution in [0.1, 0.15) is 50.0 Å². The Morgan fingerprint density at radius 3 is 2.85 bits per heavy atom. The van der Waals surface area contributed by atoms with Gasteiger partial charge in [-0.3, -0.25) is 4.79 Å². The summed E-state index contributed by atoms with van der Waals surface area (Å²) in [4.78, 5) is 16.3. The number of ether oxygens (including phenoxy) is 1. The number of aromatic nitrogens is 1. The molecule has 0 aromatic carbocycles. The summed E-state index contributed by atoms with van der Waals surface area (Å²) in [7, 11) is 0. The largest absolute Gasteiger partial charge is 0.375 e. The van der Waals surface area contributed by atoms with Gasteiger partial charge in [-0.05, 0) is 53.7 Å². The van der Waals surface area contributed by atoms with Gasteiger partial charge in [0.25, 0.3) is 5.91 Å². The zero-order valence-electron chi connectivity index (χ0n) is 12.0. The van der Waals surface area contributed by atoms with Crippen molar-refractivity contribution in [2.24, 2.45) is 0 Å². The second-order valence-electron chi connectivity index (χ2n) is 5.26. The summed E-state index contributed by atoms with van der Waals surface area (Å²) >= 11 is 3.32. The van der Waals surface area contributed by atoms with Gasteiger partial charge in [-0.25, -0.2) is 4.98 Å². The quantitative estimate of drug-likeness (QED) is 0.914. The lowest BCUT2D eigenvalue weighted by atomic mass is 9.86. The average Bonchev–Trinajstić information content (AvgIpc) is 2.48. The van der Waals surface area contributed by atoms with Gasteiger partial charge in [0.15, 0.2) is 0 Å². The first-order valence-electron chi connectivity index (χ1n) is 7.15. The molecule has 110 valence electrons. The zero-order valence-corrected chi connectivity index (χ0v) is 13.6. The maximum atomic E-state index is 12.2. The first-order valence-corrected chi connectivity index (χ1v) is 7.94. The number of hydrogen-bond acceptors (Lipinski definition) is 3. The topological polar surface area (TPSA) is 51.2 Å². The molecule has 5 heteroatoms. The Morgan fingerprint density at radius 2 is 2.25 bits per heavy atom. The number of nitrogens with zero attached hydrogens (tertiary/aromatic N) is 1. The number of nitrogens with one attached hydrogen (secondary N) is 1. The van der Waals surface area contributed by atoms with Gasteiger partial charge in [0.1, 0.15) is 5.69 Å². The van der Waals surface area contributed by atoms with E-state index in [1.54, 1.807) is 12.3 Å². The Hall–Kier alpha value is -0.940.